The molecule has 0 unspecified atom stereocenters. The molecule has 2 aromatic rings. The number of ether oxygens (including phenoxy) is 3. The van der Waals surface area contributed by atoms with E-state index >= 15 is 0 Å². The quantitative estimate of drug-likeness (QED) is 0.182. The number of aryl methyl sites for hydroxylation is 2. The van der Waals surface area contributed by atoms with Crippen LogP contribution in [0.5, 0.6) is 17.2 Å². The van der Waals surface area contributed by atoms with Crippen LogP contribution >= 0.6 is 0 Å². The van der Waals surface area contributed by atoms with Crippen molar-refractivity contribution in [1.82, 2.24) is 9.97 Å². The first-order valence-corrected chi connectivity index (χ1v) is 10.6. The molecular formula is C24H33N3O4. The standard InChI is InChI=1S/C24H33N3O4/c1-5-6-11-29-21-14-19(2)24(20(3)15-21)31-13-10-8-7-9-12-30-22-16-25-23(26-17-22)18-27-28-4/h5-6,14-18H,7-13H2,1-4H3/b6-5+,27-18+. The Bertz CT molecular complexity index is 812. The fourth-order valence-electron chi connectivity index (χ4n) is 2.95. The highest BCUT2D eigenvalue weighted by molar-refractivity contribution is 5.73. The van der Waals surface area contributed by atoms with Gasteiger partial charge in [0, 0.05) is 0 Å². The zero-order valence-electron chi connectivity index (χ0n) is 19.0. The molecule has 0 radical (unpaired) electrons. The summed E-state index contributed by atoms with van der Waals surface area (Å²) in [5, 5.41) is 3.62. The molecular weight excluding hydrogens is 394 g/mol. The van der Waals surface area contributed by atoms with Crippen molar-refractivity contribution in [3.8, 4) is 17.2 Å². The Kier molecular flexibility index (Phi) is 10.9. The number of hydrogen-bond donors (Lipinski definition) is 0. The van der Waals surface area contributed by atoms with E-state index in [4.69, 9.17) is 14.2 Å². The van der Waals surface area contributed by atoms with Crippen LogP contribution in [-0.4, -0.2) is 43.1 Å². The normalized spacial score (nSPS) is 11.2. The van der Waals surface area contributed by atoms with Crippen LogP contribution in [0.1, 0.15) is 49.6 Å². The summed E-state index contributed by atoms with van der Waals surface area (Å²) in [7, 11) is 1.47. The molecule has 0 amide bonds. The monoisotopic (exact) mass is 427 g/mol. The number of unbranched alkanes of at least 4 members (excludes halogenated alkanes) is 3. The van der Waals surface area contributed by atoms with Crippen molar-refractivity contribution in [3.05, 3.63) is 53.6 Å². The van der Waals surface area contributed by atoms with E-state index in [1.807, 2.05) is 31.2 Å². The summed E-state index contributed by atoms with van der Waals surface area (Å²) in [6, 6.07) is 4.06. The Balaban J connectivity index is 1.60. The molecule has 0 spiro atoms. The van der Waals surface area contributed by atoms with Crippen LogP contribution in [0.4, 0.5) is 0 Å². The second kappa shape index (κ2) is 14.0. The van der Waals surface area contributed by atoms with E-state index in [-0.39, 0.29) is 0 Å². The summed E-state index contributed by atoms with van der Waals surface area (Å²) in [6.07, 6.45) is 12.9. The van der Waals surface area contributed by atoms with Gasteiger partial charge in [-0.15, -0.1) is 0 Å². The highest BCUT2D eigenvalue weighted by Crippen LogP contribution is 2.28. The minimum absolute atomic E-state index is 0.482. The lowest BCUT2D eigenvalue weighted by atomic mass is 10.1. The number of nitrogens with zero attached hydrogens (tertiary/aromatic N) is 3. The molecule has 7 nitrogen and oxygen atoms in total. The van der Waals surface area contributed by atoms with Crippen molar-refractivity contribution in [2.24, 2.45) is 5.16 Å². The number of allylic oxidation sites excluding steroid dienone is 1. The number of aromatic nitrogens is 2. The lowest BCUT2D eigenvalue weighted by molar-refractivity contribution is 0.215. The van der Waals surface area contributed by atoms with Crippen molar-refractivity contribution in [3.63, 3.8) is 0 Å². The van der Waals surface area contributed by atoms with E-state index in [0.29, 0.717) is 31.4 Å². The van der Waals surface area contributed by atoms with Crippen LogP contribution in [0.25, 0.3) is 0 Å². The van der Waals surface area contributed by atoms with Crippen LogP contribution < -0.4 is 14.2 Å². The molecule has 0 aliphatic rings. The first-order chi connectivity index (χ1) is 15.1. The highest BCUT2D eigenvalue weighted by atomic mass is 16.6. The molecule has 0 N–H and O–H groups in total. The van der Waals surface area contributed by atoms with E-state index in [9.17, 15) is 0 Å². The van der Waals surface area contributed by atoms with E-state index in [0.717, 1.165) is 48.3 Å². The Hall–Kier alpha value is -3.09. The zero-order valence-corrected chi connectivity index (χ0v) is 19.0. The third-order valence-electron chi connectivity index (χ3n) is 4.49. The highest BCUT2D eigenvalue weighted by Gasteiger charge is 2.07. The van der Waals surface area contributed by atoms with Gasteiger partial charge in [0.25, 0.3) is 0 Å². The minimum Gasteiger partial charge on any atom is -0.493 e. The van der Waals surface area contributed by atoms with E-state index < -0.39 is 0 Å². The summed E-state index contributed by atoms with van der Waals surface area (Å²) < 4.78 is 17.4. The molecule has 0 saturated carbocycles. The Labute approximate surface area is 185 Å². The third-order valence-corrected chi connectivity index (χ3v) is 4.49. The van der Waals surface area contributed by atoms with Gasteiger partial charge < -0.3 is 19.0 Å². The Morgan fingerprint density at radius 1 is 0.871 bits per heavy atom. The van der Waals surface area contributed by atoms with Gasteiger partial charge in [0.05, 0.1) is 25.6 Å². The second-order valence-corrected chi connectivity index (χ2v) is 7.07. The largest absolute Gasteiger partial charge is 0.493 e. The first kappa shape index (κ1) is 24.2. The number of hydrogen-bond acceptors (Lipinski definition) is 7. The van der Waals surface area contributed by atoms with Crippen LogP contribution in [0.15, 0.2) is 41.8 Å². The lowest BCUT2D eigenvalue weighted by Gasteiger charge is -2.14. The molecule has 31 heavy (non-hydrogen) atoms. The van der Waals surface area contributed by atoms with E-state index in [1.54, 1.807) is 12.4 Å². The average Bonchev–Trinajstić information content (AvgIpc) is 2.76. The molecule has 0 atom stereocenters. The van der Waals surface area contributed by atoms with Gasteiger partial charge in [0.2, 0.25) is 0 Å². The Morgan fingerprint density at radius 3 is 2.13 bits per heavy atom. The molecule has 0 aliphatic heterocycles. The molecule has 168 valence electrons. The van der Waals surface area contributed by atoms with Gasteiger partial charge in [-0.3, -0.25) is 0 Å². The van der Waals surface area contributed by atoms with Crippen LogP contribution in [0.2, 0.25) is 0 Å². The van der Waals surface area contributed by atoms with Gasteiger partial charge in [-0.1, -0.05) is 17.3 Å². The van der Waals surface area contributed by atoms with Crippen molar-refractivity contribution in [2.45, 2.75) is 46.5 Å². The summed E-state index contributed by atoms with van der Waals surface area (Å²) in [5.41, 5.74) is 2.20. The van der Waals surface area contributed by atoms with Gasteiger partial charge in [-0.2, -0.15) is 0 Å². The van der Waals surface area contributed by atoms with Crippen LogP contribution in [-0.2, 0) is 4.84 Å². The molecule has 0 saturated heterocycles. The van der Waals surface area contributed by atoms with Crippen molar-refractivity contribution < 1.29 is 19.0 Å². The van der Waals surface area contributed by atoms with Gasteiger partial charge in [-0.05, 0) is 69.7 Å². The molecule has 0 fully saturated rings. The van der Waals surface area contributed by atoms with Gasteiger partial charge in [-0.25, -0.2) is 9.97 Å². The fourth-order valence-corrected chi connectivity index (χ4v) is 2.95. The van der Waals surface area contributed by atoms with Gasteiger partial charge in [0.1, 0.15) is 31.4 Å². The topological polar surface area (TPSA) is 75.1 Å². The molecule has 0 aliphatic carbocycles. The van der Waals surface area contributed by atoms with Crippen LogP contribution in [0.3, 0.4) is 0 Å². The molecule has 2 rings (SSSR count). The maximum atomic E-state index is 6.03. The summed E-state index contributed by atoms with van der Waals surface area (Å²) >= 11 is 0. The van der Waals surface area contributed by atoms with E-state index in [2.05, 4.69) is 33.8 Å². The van der Waals surface area contributed by atoms with E-state index in [1.165, 1.54) is 13.3 Å². The van der Waals surface area contributed by atoms with Gasteiger partial charge in [0.15, 0.2) is 11.6 Å². The summed E-state index contributed by atoms with van der Waals surface area (Å²) in [5.74, 6) is 2.97. The van der Waals surface area contributed by atoms with Crippen molar-refractivity contribution in [2.75, 3.05) is 26.9 Å². The average molecular weight is 428 g/mol. The molecule has 1 aromatic heterocycles. The first-order valence-electron chi connectivity index (χ1n) is 10.6. The predicted molar refractivity (Wildman–Crippen MR) is 122 cm³/mol. The Morgan fingerprint density at radius 2 is 1.52 bits per heavy atom. The number of rotatable bonds is 14. The predicted octanol–water partition coefficient (Wildman–Crippen LogP) is 5.05. The molecule has 1 aromatic carbocycles. The molecule has 0 bridgehead atoms. The maximum Gasteiger partial charge on any atom is 0.174 e. The lowest BCUT2D eigenvalue weighted by Crippen LogP contribution is -2.03. The summed E-state index contributed by atoms with van der Waals surface area (Å²) in [6.45, 7) is 8.03. The summed E-state index contributed by atoms with van der Waals surface area (Å²) in [4.78, 5) is 12.9. The van der Waals surface area contributed by atoms with Gasteiger partial charge >= 0.3 is 0 Å². The van der Waals surface area contributed by atoms with Crippen molar-refractivity contribution in [1.29, 1.82) is 0 Å². The molecule has 1 heterocycles. The zero-order chi connectivity index (χ0) is 22.3. The third kappa shape index (κ3) is 9.07. The SMILES string of the molecule is C/C=C/COc1cc(C)c(OCCCCCCOc2cnc(/C=N/OC)nc2)c(C)c1. The minimum atomic E-state index is 0.482. The number of oxime groups is 1. The van der Waals surface area contributed by atoms with Crippen LogP contribution in [0, 0.1) is 13.8 Å². The maximum absolute atomic E-state index is 6.03. The molecule has 7 heteroatoms. The fraction of sp³-hybridized carbons (Fsp3) is 0.458. The number of benzene rings is 1. The smallest absolute Gasteiger partial charge is 0.174 e. The second-order valence-electron chi connectivity index (χ2n) is 7.07. The van der Waals surface area contributed by atoms with Crippen molar-refractivity contribution >= 4 is 6.21 Å².